The summed E-state index contributed by atoms with van der Waals surface area (Å²) in [6.45, 7) is 0. The molecule has 0 amide bonds. The van der Waals surface area contributed by atoms with Gasteiger partial charge in [-0.15, -0.1) is 0 Å². The van der Waals surface area contributed by atoms with Crippen molar-refractivity contribution in [3.63, 3.8) is 0 Å². The molecule has 0 unspecified atom stereocenters. The highest BCUT2D eigenvalue weighted by Gasteiger charge is 2.14. The number of aromatic nitrogens is 2. The SMILES string of the molecule is c1ccc(-c2cccc(-c3ccc(-c4cc(-c5ccc(-c6cccc(-c7ccccc7)c6)cc5)c5ccccc5n4)cc3)c2)cc1.c1ccc2cc(-c3ccc(-c4cc(-c5ccc(-c6ccc7ccccc7c6)cc5)c5ccccc5n4)cc3)ccc2c1. The lowest BCUT2D eigenvalue weighted by atomic mass is 9.94. The van der Waals surface area contributed by atoms with Gasteiger partial charge in [0.25, 0.3) is 0 Å². The summed E-state index contributed by atoms with van der Waals surface area (Å²) in [5, 5.41) is 7.35. The van der Waals surface area contributed by atoms with Crippen LogP contribution in [-0.4, -0.2) is 9.97 Å². The van der Waals surface area contributed by atoms with Gasteiger partial charge in [-0.3, -0.25) is 0 Å². The maximum atomic E-state index is 5.09. The monoisotopic (exact) mass is 1120 g/mol. The van der Waals surface area contributed by atoms with Gasteiger partial charge in [-0.25, -0.2) is 9.97 Å². The first-order valence-electron chi connectivity index (χ1n) is 30.1. The summed E-state index contributed by atoms with van der Waals surface area (Å²) in [5.41, 5.74) is 25.5. The lowest BCUT2D eigenvalue weighted by molar-refractivity contribution is 1.40. The summed E-state index contributed by atoms with van der Waals surface area (Å²) in [7, 11) is 0. The van der Waals surface area contributed by atoms with Crippen molar-refractivity contribution in [2.45, 2.75) is 0 Å². The molecular weight excluding hydrogens is 1060 g/mol. The van der Waals surface area contributed by atoms with Gasteiger partial charge < -0.3 is 0 Å². The van der Waals surface area contributed by atoms with Gasteiger partial charge in [0, 0.05) is 21.9 Å². The van der Waals surface area contributed by atoms with Gasteiger partial charge in [-0.1, -0.05) is 303 Å². The number of nitrogens with zero attached hydrogens (tertiary/aromatic N) is 2. The summed E-state index contributed by atoms with van der Waals surface area (Å²) < 4.78 is 0. The zero-order valence-corrected chi connectivity index (χ0v) is 48.4. The lowest BCUT2D eigenvalue weighted by Crippen LogP contribution is -1.90. The first-order chi connectivity index (χ1) is 43.6. The molecule has 0 atom stereocenters. The Kier molecular flexibility index (Phi) is 14.4. The van der Waals surface area contributed by atoms with E-state index in [1.165, 1.54) is 111 Å². The van der Waals surface area contributed by atoms with Crippen molar-refractivity contribution in [3.8, 4) is 112 Å². The first kappa shape index (κ1) is 53.2. The average molecular weight is 1120 g/mol. The van der Waals surface area contributed by atoms with Crippen LogP contribution in [0.4, 0.5) is 0 Å². The summed E-state index contributed by atoms with van der Waals surface area (Å²) in [5.74, 6) is 0. The minimum Gasteiger partial charge on any atom is -0.248 e. The Labute approximate surface area is 513 Å². The second kappa shape index (κ2) is 23.8. The zero-order valence-electron chi connectivity index (χ0n) is 48.4. The van der Waals surface area contributed by atoms with Gasteiger partial charge >= 0.3 is 0 Å². The van der Waals surface area contributed by atoms with Crippen LogP contribution in [0.2, 0.25) is 0 Å². The molecule has 0 saturated carbocycles. The smallest absolute Gasteiger partial charge is 0.0715 e. The van der Waals surface area contributed by atoms with Crippen LogP contribution >= 0.6 is 0 Å². The normalized spacial score (nSPS) is 11.2. The largest absolute Gasteiger partial charge is 0.248 e. The standard InChI is InChI=1S/C45H31N.C41H27N/c1-3-11-32(12-4-1)38-15-9-17-40(29-38)34-21-25-36(26-22-34)43-31-45(46-44-20-8-7-19-42(43)44)37-27-23-35(24-28-37)41-18-10-16-39(30-41)33-13-5-2-6-14-33;1-3-9-34-25-36(23-17-28(34)7-1)30-13-19-32(20-14-30)39-27-41(42-40-12-6-5-11-38(39)40)33-21-15-31(16-22-33)37-24-18-29-8-2-4-10-35(29)26-37/h1-31H;1-27H. The van der Waals surface area contributed by atoms with E-state index in [1.807, 2.05) is 0 Å². The van der Waals surface area contributed by atoms with Gasteiger partial charge in [0.05, 0.1) is 22.4 Å². The van der Waals surface area contributed by atoms with Crippen molar-refractivity contribution in [1.29, 1.82) is 0 Å². The Morgan fingerprint density at radius 3 is 0.784 bits per heavy atom. The fourth-order valence-electron chi connectivity index (χ4n) is 12.2. The number of fused-ring (bicyclic) bond motifs is 4. The van der Waals surface area contributed by atoms with Gasteiger partial charge in [-0.2, -0.15) is 0 Å². The first-order valence-corrected chi connectivity index (χ1v) is 30.1. The highest BCUT2D eigenvalue weighted by Crippen LogP contribution is 2.38. The van der Waals surface area contributed by atoms with Crippen LogP contribution in [0.1, 0.15) is 0 Å². The molecule has 2 heterocycles. The van der Waals surface area contributed by atoms with E-state index in [9.17, 15) is 0 Å². The molecule has 16 aromatic rings. The molecule has 0 fully saturated rings. The van der Waals surface area contributed by atoms with E-state index in [2.05, 4.69) is 352 Å². The summed E-state index contributed by atoms with van der Waals surface area (Å²) >= 11 is 0. The quantitative estimate of drug-likeness (QED) is 0.136. The number of hydrogen-bond donors (Lipinski definition) is 0. The Bertz CT molecular complexity index is 5150. The molecule has 0 aliphatic rings. The minimum atomic E-state index is 0.970. The van der Waals surface area contributed by atoms with Crippen LogP contribution in [0.25, 0.3) is 155 Å². The molecule has 2 heteroatoms. The fraction of sp³-hybridized carbons (Fsp3) is 0. The Morgan fingerprint density at radius 1 is 0.148 bits per heavy atom. The maximum absolute atomic E-state index is 5.09. The number of benzene rings is 14. The number of rotatable bonds is 10. The second-order valence-corrected chi connectivity index (χ2v) is 22.5. The summed E-state index contributed by atoms with van der Waals surface area (Å²) in [4.78, 5) is 10.2. The molecule has 0 aliphatic carbocycles. The number of hydrogen-bond acceptors (Lipinski definition) is 2. The minimum absolute atomic E-state index is 0.970. The van der Waals surface area contributed by atoms with E-state index < -0.39 is 0 Å². The van der Waals surface area contributed by atoms with Crippen molar-refractivity contribution in [2.24, 2.45) is 0 Å². The second-order valence-electron chi connectivity index (χ2n) is 22.5. The van der Waals surface area contributed by atoms with E-state index in [0.29, 0.717) is 0 Å². The highest BCUT2D eigenvalue weighted by molar-refractivity contribution is 5.99. The van der Waals surface area contributed by atoms with Crippen LogP contribution in [0.5, 0.6) is 0 Å². The molecular formula is C86H58N2. The molecule has 14 aromatic carbocycles. The molecule has 2 aromatic heterocycles. The topological polar surface area (TPSA) is 25.8 Å². The zero-order chi connectivity index (χ0) is 58.6. The van der Waals surface area contributed by atoms with Gasteiger partial charge in [-0.05, 0) is 159 Å². The summed E-state index contributed by atoms with van der Waals surface area (Å²) in [6.07, 6.45) is 0. The van der Waals surface area contributed by atoms with Crippen LogP contribution in [0.15, 0.2) is 352 Å². The lowest BCUT2D eigenvalue weighted by Gasteiger charge is -2.12. The average Bonchev–Trinajstić information content (AvgIpc) is 1.97. The van der Waals surface area contributed by atoms with Gasteiger partial charge in [0.15, 0.2) is 0 Å². The van der Waals surface area contributed by atoms with Crippen LogP contribution < -0.4 is 0 Å². The van der Waals surface area contributed by atoms with Crippen LogP contribution in [0, 0.1) is 0 Å². The van der Waals surface area contributed by atoms with Crippen molar-refractivity contribution in [2.75, 3.05) is 0 Å². The predicted octanol–water partition coefficient (Wildman–Crippen LogP) is 23.4. The third-order valence-corrected chi connectivity index (χ3v) is 17.0. The van der Waals surface area contributed by atoms with E-state index in [0.717, 1.165) is 44.3 Å². The van der Waals surface area contributed by atoms with Gasteiger partial charge in [0.2, 0.25) is 0 Å². The molecule has 0 radical (unpaired) electrons. The van der Waals surface area contributed by atoms with Crippen LogP contribution in [0.3, 0.4) is 0 Å². The van der Waals surface area contributed by atoms with E-state index >= 15 is 0 Å². The third kappa shape index (κ3) is 11.1. The van der Waals surface area contributed by atoms with E-state index in [4.69, 9.17) is 9.97 Å². The molecule has 412 valence electrons. The molecule has 0 spiro atoms. The molecule has 16 rings (SSSR count). The fourth-order valence-corrected chi connectivity index (χ4v) is 12.2. The van der Waals surface area contributed by atoms with Crippen molar-refractivity contribution in [3.05, 3.63) is 352 Å². The summed E-state index contributed by atoms with van der Waals surface area (Å²) in [6, 6.07) is 126. The molecule has 0 saturated heterocycles. The van der Waals surface area contributed by atoms with Crippen molar-refractivity contribution >= 4 is 43.4 Å². The number of pyridine rings is 2. The molecule has 2 nitrogen and oxygen atoms in total. The molecule has 88 heavy (non-hydrogen) atoms. The Morgan fingerprint density at radius 2 is 0.409 bits per heavy atom. The maximum Gasteiger partial charge on any atom is 0.0715 e. The molecule has 0 aliphatic heterocycles. The predicted molar refractivity (Wildman–Crippen MR) is 373 cm³/mol. The Balaban J connectivity index is 0.000000148. The Hall–Kier alpha value is -11.6. The van der Waals surface area contributed by atoms with Crippen molar-refractivity contribution < 1.29 is 0 Å². The van der Waals surface area contributed by atoms with Crippen LogP contribution in [-0.2, 0) is 0 Å². The van der Waals surface area contributed by atoms with Crippen molar-refractivity contribution in [1.82, 2.24) is 9.97 Å². The van der Waals surface area contributed by atoms with E-state index in [-0.39, 0.29) is 0 Å². The highest BCUT2D eigenvalue weighted by atomic mass is 14.7. The number of para-hydroxylation sites is 2. The van der Waals surface area contributed by atoms with E-state index in [1.54, 1.807) is 0 Å². The molecule has 0 N–H and O–H groups in total. The molecule has 0 bridgehead atoms. The van der Waals surface area contributed by atoms with Gasteiger partial charge in [0.1, 0.15) is 0 Å². The third-order valence-electron chi connectivity index (χ3n) is 17.0.